The van der Waals surface area contributed by atoms with E-state index in [1.165, 1.54) is 22.3 Å². The van der Waals surface area contributed by atoms with Gasteiger partial charge in [0, 0.05) is 17.1 Å². The largest absolute Gasteiger partial charge is 0.838 e. The summed E-state index contributed by atoms with van der Waals surface area (Å²) >= 11 is 0. The summed E-state index contributed by atoms with van der Waals surface area (Å²) < 4.78 is 4.16. The van der Waals surface area contributed by atoms with Gasteiger partial charge in [-0.05, 0) is 81.2 Å². The number of hydrogen-bond donors (Lipinski definition) is 0. The van der Waals surface area contributed by atoms with E-state index in [1.807, 2.05) is 31.5 Å². The molecule has 0 bridgehead atoms. The number of aromatic nitrogens is 3. The highest BCUT2D eigenvalue weighted by Crippen LogP contribution is 2.39. The molecule has 2 aromatic carbocycles. The summed E-state index contributed by atoms with van der Waals surface area (Å²) in [7, 11) is 0. The van der Waals surface area contributed by atoms with Crippen LogP contribution in [0.2, 0.25) is 0 Å². The molecular weight excluding hydrogens is 418 g/mol. The van der Waals surface area contributed by atoms with Crippen LogP contribution >= 0.6 is 0 Å². The van der Waals surface area contributed by atoms with E-state index in [4.69, 9.17) is 5.10 Å². The van der Waals surface area contributed by atoms with Crippen molar-refractivity contribution >= 4 is 6.08 Å². The molecule has 0 spiro atoms. The Morgan fingerprint density at radius 3 is 1.94 bits per heavy atom. The minimum absolute atomic E-state index is 0.566. The van der Waals surface area contributed by atoms with Gasteiger partial charge in [0.05, 0.1) is 6.54 Å². The maximum absolute atomic E-state index is 15.1. The standard InChI is InChI=1S/C30H39N3O/c1-19-15-21(3)25(22(4)16-19)12-13-30(34,29(7,8)9)28-32-14-10-11-26(32)31-33(28)27-23(5)17-20(2)18-24(27)6/h12-13,15-18H,10-11,14H2,1-9H3/b13-12+. The van der Waals surface area contributed by atoms with Crippen LogP contribution in [0, 0.1) is 47.0 Å². The lowest BCUT2D eigenvalue weighted by molar-refractivity contribution is -0.720. The van der Waals surface area contributed by atoms with Crippen LogP contribution < -0.4 is 9.67 Å². The van der Waals surface area contributed by atoms with E-state index in [-0.39, 0.29) is 0 Å². The number of rotatable bonds is 4. The second-order valence-corrected chi connectivity index (χ2v) is 11.3. The van der Waals surface area contributed by atoms with Gasteiger partial charge in [0.25, 0.3) is 5.82 Å². The first-order valence-corrected chi connectivity index (χ1v) is 12.4. The van der Waals surface area contributed by atoms with Gasteiger partial charge < -0.3 is 5.11 Å². The summed E-state index contributed by atoms with van der Waals surface area (Å²) in [4.78, 5) is 0. The lowest BCUT2D eigenvalue weighted by atomic mass is 9.74. The number of benzene rings is 2. The third kappa shape index (κ3) is 4.02. The van der Waals surface area contributed by atoms with Crippen molar-refractivity contribution in [1.82, 2.24) is 9.78 Å². The van der Waals surface area contributed by atoms with E-state index in [1.54, 1.807) is 0 Å². The Morgan fingerprint density at radius 2 is 1.41 bits per heavy atom. The highest BCUT2D eigenvalue weighted by atomic mass is 16.3. The first-order valence-electron chi connectivity index (χ1n) is 12.4. The highest BCUT2D eigenvalue weighted by Gasteiger charge is 2.44. The fourth-order valence-corrected chi connectivity index (χ4v) is 5.60. The average Bonchev–Trinajstić information content (AvgIpc) is 3.26. The van der Waals surface area contributed by atoms with Crippen molar-refractivity contribution in [2.24, 2.45) is 5.41 Å². The molecule has 1 atom stereocenters. The molecule has 3 aromatic rings. The van der Waals surface area contributed by atoms with Gasteiger partial charge in [0.1, 0.15) is 5.69 Å². The Balaban J connectivity index is 1.99. The molecule has 0 N–H and O–H groups in total. The molecule has 4 nitrogen and oxygen atoms in total. The van der Waals surface area contributed by atoms with Crippen molar-refractivity contribution < 1.29 is 9.67 Å². The van der Waals surface area contributed by atoms with Crippen LogP contribution in [-0.4, -0.2) is 9.78 Å². The molecule has 0 saturated heterocycles. The van der Waals surface area contributed by atoms with E-state index < -0.39 is 11.0 Å². The Bertz CT molecular complexity index is 1240. The average molecular weight is 458 g/mol. The monoisotopic (exact) mass is 457 g/mol. The van der Waals surface area contributed by atoms with Crippen LogP contribution in [0.4, 0.5) is 0 Å². The first-order chi connectivity index (χ1) is 15.8. The molecule has 180 valence electrons. The van der Waals surface area contributed by atoms with Crippen LogP contribution in [-0.2, 0) is 18.6 Å². The van der Waals surface area contributed by atoms with Gasteiger partial charge >= 0.3 is 0 Å². The molecule has 0 saturated carbocycles. The smallest absolute Gasteiger partial charge is 0.278 e. The Labute approximate surface area is 205 Å². The van der Waals surface area contributed by atoms with Crippen LogP contribution in [0.5, 0.6) is 0 Å². The van der Waals surface area contributed by atoms with Gasteiger partial charge in [-0.3, -0.25) is 0 Å². The molecule has 0 aliphatic carbocycles. The summed E-state index contributed by atoms with van der Waals surface area (Å²) in [5, 5.41) is 20.2. The van der Waals surface area contributed by atoms with E-state index in [9.17, 15) is 0 Å². The quantitative estimate of drug-likeness (QED) is 0.501. The summed E-state index contributed by atoms with van der Waals surface area (Å²) in [6.45, 7) is 19.7. The normalized spacial score (nSPS) is 15.7. The van der Waals surface area contributed by atoms with Crippen LogP contribution in [0.15, 0.2) is 30.3 Å². The first kappa shape index (κ1) is 24.4. The predicted molar refractivity (Wildman–Crippen MR) is 137 cm³/mol. The highest BCUT2D eigenvalue weighted by molar-refractivity contribution is 5.60. The molecule has 1 aliphatic rings. The van der Waals surface area contributed by atoms with Gasteiger partial charge in [0.15, 0.2) is 0 Å². The van der Waals surface area contributed by atoms with Gasteiger partial charge in [-0.15, -0.1) is 0 Å². The maximum Gasteiger partial charge on any atom is 0.278 e. The molecule has 0 radical (unpaired) electrons. The third-order valence-electron chi connectivity index (χ3n) is 7.28. The summed E-state index contributed by atoms with van der Waals surface area (Å²) in [6, 6.07) is 8.74. The minimum atomic E-state index is -1.48. The zero-order valence-electron chi connectivity index (χ0n) is 22.3. The molecular formula is C30H39N3O. The summed E-state index contributed by atoms with van der Waals surface area (Å²) in [6.07, 6.45) is 5.89. The van der Waals surface area contributed by atoms with Gasteiger partial charge in [-0.25, -0.2) is 4.57 Å². The Hall–Kier alpha value is -2.72. The molecule has 34 heavy (non-hydrogen) atoms. The molecule has 4 rings (SSSR count). The van der Waals surface area contributed by atoms with Crippen molar-refractivity contribution in [3.05, 3.63) is 80.9 Å². The van der Waals surface area contributed by atoms with Crippen molar-refractivity contribution in [2.45, 2.75) is 87.3 Å². The fourth-order valence-electron chi connectivity index (χ4n) is 5.60. The Morgan fingerprint density at radius 1 is 0.882 bits per heavy atom. The van der Waals surface area contributed by atoms with E-state index in [2.05, 4.69) is 76.5 Å². The molecule has 0 fully saturated rings. The second-order valence-electron chi connectivity index (χ2n) is 11.3. The van der Waals surface area contributed by atoms with Crippen molar-refractivity contribution in [2.75, 3.05) is 0 Å². The van der Waals surface area contributed by atoms with Gasteiger partial charge in [-0.2, -0.15) is 0 Å². The van der Waals surface area contributed by atoms with Crippen LogP contribution in [0.25, 0.3) is 11.8 Å². The molecule has 1 aliphatic heterocycles. The lowest BCUT2D eigenvalue weighted by Gasteiger charge is -2.46. The Kier molecular flexibility index (Phi) is 6.10. The summed E-state index contributed by atoms with van der Waals surface area (Å²) in [5.74, 6) is 1.75. The molecule has 1 aromatic heterocycles. The number of fused-ring (bicyclic) bond motifs is 1. The summed E-state index contributed by atoms with van der Waals surface area (Å²) in [5.41, 5.74) is 7.27. The van der Waals surface area contributed by atoms with E-state index in [0.717, 1.165) is 53.4 Å². The zero-order valence-corrected chi connectivity index (χ0v) is 22.3. The van der Waals surface area contributed by atoms with Crippen molar-refractivity contribution in [3.63, 3.8) is 0 Å². The van der Waals surface area contributed by atoms with E-state index in [0.29, 0.717) is 0 Å². The zero-order chi connectivity index (χ0) is 25.0. The maximum atomic E-state index is 15.1. The fraction of sp³-hybridized carbons (Fsp3) is 0.467. The molecule has 0 amide bonds. The number of hydrogen-bond acceptors (Lipinski definition) is 2. The number of aryl methyl sites for hydroxylation is 7. The van der Waals surface area contributed by atoms with Crippen LogP contribution in [0.1, 0.15) is 77.8 Å². The minimum Gasteiger partial charge on any atom is -0.838 e. The SMILES string of the molecule is Cc1cc(C)c(/C=C/C([O-])(c2n(-c3c(C)cc(C)cc3C)nc3[n+]2CCC3)C(C)(C)C)c(C)c1. The van der Waals surface area contributed by atoms with Crippen LogP contribution in [0.3, 0.4) is 0 Å². The predicted octanol–water partition coefficient (Wildman–Crippen LogP) is 5.27. The van der Waals surface area contributed by atoms with Crippen molar-refractivity contribution in [1.29, 1.82) is 0 Å². The lowest BCUT2D eigenvalue weighted by Crippen LogP contribution is -2.58. The molecule has 4 heteroatoms. The topological polar surface area (TPSA) is 44.8 Å². The van der Waals surface area contributed by atoms with E-state index >= 15 is 5.11 Å². The van der Waals surface area contributed by atoms with Gasteiger partial charge in [0.2, 0.25) is 5.82 Å². The third-order valence-corrected chi connectivity index (χ3v) is 7.28. The number of nitrogens with zero attached hydrogens (tertiary/aromatic N) is 3. The van der Waals surface area contributed by atoms with Gasteiger partial charge in [-0.1, -0.05) is 73.0 Å². The molecule has 2 heterocycles. The van der Waals surface area contributed by atoms with Crippen molar-refractivity contribution in [3.8, 4) is 5.69 Å². The second kappa shape index (κ2) is 8.49. The molecule has 1 unspecified atom stereocenters.